The van der Waals surface area contributed by atoms with Crippen molar-refractivity contribution >= 4 is 40.3 Å². The molecule has 1 unspecified atom stereocenters. The molecule has 2 aromatic rings. The van der Waals surface area contributed by atoms with Crippen LogP contribution in [0.2, 0.25) is 0 Å². The maximum Gasteiger partial charge on any atom is 0.230 e. The Hall–Kier alpha value is -0.820. The smallest absolute Gasteiger partial charge is 0.230 e. The van der Waals surface area contributed by atoms with Crippen molar-refractivity contribution in [3.63, 3.8) is 0 Å². The van der Waals surface area contributed by atoms with Gasteiger partial charge in [-0.25, -0.2) is 0 Å². The number of thiophene rings is 2. The lowest BCUT2D eigenvalue weighted by Gasteiger charge is -2.12. The van der Waals surface area contributed by atoms with E-state index in [-0.39, 0.29) is 12.5 Å². The van der Waals surface area contributed by atoms with Gasteiger partial charge < -0.3 is 10.4 Å². The topological polar surface area (TPSA) is 49.3 Å². The lowest BCUT2D eigenvalue weighted by Crippen LogP contribution is -2.30. The molecule has 1 saturated carbocycles. The van der Waals surface area contributed by atoms with E-state index < -0.39 is 6.10 Å². The highest BCUT2D eigenvalue weighted by molar-refractivity contribution is 8.00. The standard InChI is InChI=1S/C17H21NO2S3/c19-14(9-18-17(20)11-22-13-3-1-2-4-13)16-6-5-15(23-16)12-7-8-21-10-12/h5-8,10,13-14,19H,1-4,9,11H2,(H,18,20). The summed E-state index contributed by atoms with van der Waals surface area (Å²) >= 11 is 5.00. The number of carbonyl (C=O) groups excluding carboxylic acids is 1. The zero-order valence-electron chi connectivity index (χ0n) is 12.9. The average Bonchev–Trinajstić information content (AvgIpc) is 3.31. The molecule has 2 N–H and O–H groups in total. The van der Waals surface area contributed by atoms with E-state index in [4.69, 9.17) is 0 Å². The lowest BCUT2D eigenvalue weighted by atomic mass is 10.2. The third-order valence-corrected chi connectivity index (χ3v) is 7.30. The molecule has 0 aromatic carbocycles. The summed E-state index contributed by atoms with van der Waals surface area (Å²) in [5.41, 5.74) is 1.19. The average molecular weight is 368 g/mol. The van der Waals surface area contributed by atoms with Gasteiger partial charge in [0.05, 0.1) is 5.75 Å². The molecule has 1 amide bonds. The van der Waals surface area contributed by atoms with Gasteiger partial charge in [0.1, 0.15) is 6.10 Å². The van der Waals surface area contributed by atoms with Crippen molar-refractivity contribution in [2.24, 2.45) is 0 Å². The van der Waals surface area contributed by atoms with Gasteiger partial charge in [-0.2, -0.15) is 11.3 Å². The van der Waals surface area contributed by atoms with Crippen LogP contribution in [0.3, 0.4) is 0 Å². The third kappa shape index (κ3) is 4.83. The molecule has 2 aromatic heterocycles. The Kier molecular flexibility index (Phi) is 6.16. The van der Waals surface area contributed by atoms with E-state index in [1.165, 1.54) is 31.2 Å². The third-order valence-electron chi connectivity index (χ3n) is 4.01. The van der Waals surface area contributed by atoms with Gasteiger partial charge in [-0.15, -0.1) is 23.1 Å². The summed E-state index contributed by atoms with van der Waals surface area (Å²) in [6, 6.07) is 6.06. The van der Waals surface area contributed by atoms with Crippen molar-refractivity contribution in [3.05, 3.63) is 33.8 Å². The van der Waals surface area contributed by atoms with Crippen LogP contribution in [-0.4, -0.2) is 28.6 Å². The zero-order valence-corrected chi connectivity index (χ0v) is 15.3. The highest BCUT2D eigenvalue weighted by atomic mass is 32.2. The van der Waals surface area contributed by atoms with E-state index in [0.717, 1.165) is 9.75 Å². The van der Waals surface area contributed by atoms with E-state index in [0.29, 0.717) is 11.0 Å². The Bertz CT molecular complexity index is 618. The second-order valence-electron chi connectivity index (χ2n) is 5.75. The van der Waals surface area contributed by atoms with Crippen LogP contribution in [0.25, 0.3) is 10.4 Å². The Morgan fingerprint density at radius 2 is 2.17 bits per heavy atom. The summed E-state index contributed by atoms with van der Waals surface area (Å²) in [5.74, 6) is 0.526. The van der Waals surface area contributed by atoms with Gasteiger partial charge in [0.2, 0.25) is 5.91 Å². The quantitative estimate of drug-likeness (QED) is 0.767. The van der Waals surface area contributed by atoms with E-state index >= 15 is 0 Å². The predicted molar refractivity (Wildman–Crippen MR) is 100 cm³/mol. The normalized spacial score (nSPS) is 16.6. The molecule has 0 aliphatic heterocycles. The van der Waals surface area contributed by atoms with Gasteiger partial charge >= 0.3 is 0 Å². The first kappa shape index (κ1) is 17.0. The maximum atomic E-state index is 11.9. The first-order chi connectivity index (χ1) is 11.2. The first-order valence-corrected chi connectivity index (χ1v) is 10.7. The number of aliphatic hydroxyl groups is 1. The molecular weight excluding hydrogens is 346 g/mol. The number of hydrogen-bond acceptors (Lipinski definition) is 5. The lowest BCUT2D eigenvalue weighted by molar-refractivity contribution is -0.119. The molecule has 3 nitrogen and oxygen atoms in total. The van der Waals surface area contributed by atoms with Crippen LogP contribution in [0.1, 0.15) is 36.7 Å². The van der Waals surface area contributed by atoms with Crippen molar-refractivity contribution in [1.29, 1.82) is 0 Å². The second-order valence-corrected chi connectivity index (χ2v) is 8.94. The number of amides is 1. The van der Waals surface area contributed by atoms with Crippen LogP contribution in [0.4, 0.5) is 0 Å². The molecule has 124 valence electrons. The van der Waals surface area contributed by atoms with Crippen LogP contribution in [-0.2, 0) is 4.79 Å². The number of hydrogen-bond donors (Lipinski definition) is 2. The monoisotopic (exact) mass is 367 g/mol. The molecule has 2 heterocycles. The van der Waals surface area contributed by atoms with Crippen LogP contribution >= 0.6 is 34.4 Å². The molecule has 3 rings (SSSR count). The molecule has 1 aliphatic rings. The summed E-state index contributed by atoms with van der Waals surface area (Å²) in [7, 11) is 0. The Labute approximate surface area is 149 Å². The molecule has 0 saturated heterocycles. The zero-order chi connectivity index (χ0) is 16.1. The van der Waals surface area contributed by atoms with Crippen LogP contribution < -0.4 is 5.32 Å². The van der Waals surface area contributed by atoms with Crippen LogP contribution in [0.5, 0.6) is 0 Å². The Morgan fingerprint density at radius 1 is 1.35 bits per heavy atom. The summed E-state index contributed by atoms with van der Waals surface area (Å²) < 4.78 is 0. The van der Waals surface area contributed by atoms with Crippen LogP contribution in [0, 0.1) is 0 Å². The van der Waals surface area contributed by atoms with Gasteiger partial charge in [-0.3, -0.25) is 4.79 Å². The Morgan fingerprint density at radius 3 is 2.91 bits per heavy atom. The SMILES string of the molecule is O=C(CSC1CCCC1)NCC(O)c1ccc(-c2ccsc2)s1. The van der Waals surface area contributed by atoms with Crippen molar-refractivity contribution in [2.75, 3.05) is 12.3 Å². The highest BCUT2D eigenvalue weighted by Gasteiger charge is 2.17. The number of carbonyl (C=O) groups is 1. The van der Waals surface area contributed by atoms with E-state index in [2.05, 4.69) is 16.8 Å². The van der Waals surface area contributed by atoms with E-state index in [1.54, 1.807) is 34.4 Å². The summed E-state index contributed by atoms with van der Waals surface area (Å²) in [5, 5.41) is 17.9. The predicted octanol–water partition coefficient (Wildman–Crippen LogP) is 4.30. The molecule has 6 heteroatoms. The minimum atomic E-state index is -0.632. The van der Waals surface area contributed by atoms with Gasteiger partial charge in [0, 0.05) is 27.1 Å². The molecule has 1 aliphatic carbocycles. The summed E-state index contributed by atoms with van der Waals surface area (Å²) in [6.45, 7) is 0.285. The number of aliphatic hydroxyl groups excluding tert-OH is 1. The number of rotatable bonds is 7. The minimum Gasteiger partial charge on any atom is -0.386 e. The fourth-order valence-corrected chi connectivity index (χ4v) is 5.58. The van der Waals surface area contributed by atoms with E-state index in [1.807, 2.05) is 17.5 Å². The molecule has 1 atom stereocenters. The van der Waals surface area contributed by atoms with Crippen LogP contribution in [0.15, 0.2) is 29.0 Å². The fourth-order valence-electron chi connectivity index (χ4n) is 2.70. The highest BCUT2D eigenvalue weighted by Crippen LogP contribution is 2.32. The largest absolute Gasteiger partial charge is 0.386 e. The van der Waals surface area contributed by atoms with Gasteiger partial charge in [0.15, 0.2) is 0 Å². The number of thioether (sulfide) groups is 1. The maximum absolute atomic E-state index is 11.9. The first-order valence-electron chi connectivity index (χ1n) is 7.91. The fraction of sp³-hybridized carbons (Fsp3) is 0.471. The van der Waals surface area contributed by atoms with Gasteiger partial charge in [0.25, 0.3) is 0 Å². The van der Waals surface area contributed by atoms with Gasteiger partial charge in [-0.1, -0.05) is 12.8 Å². The van der Waals surface area contributed by atoms with Gasteiger partial charge in [-0.05, 0) is 41.8 Å². The summed E-state index contributed by atoms with van der Waals surface area (Å²) in [4.78, 5) is 13.9. The Balaban J connectivity index is 1.43. The van der Waals surface area contributed by atoms with Crippen molar-refractivity contribution in [2.45, 2.75) is 37.0 Å². The minimum absolute atomic E-state index is 0.0237. The van der Waals surface area contributed by atoms with Crippen molar-refractivity contribution in [3.8, 4) is 10.4 Å². The molecule has 0 bridgehead atoms. The molecule has 23 heavy (non-hydrogen) atoms. The van der Waals surface area contributed by atoms with E-state index in [9.17, 15) is 9.90 Å². The number of nitrogens with one attached hydrogen (secondary N) is 1. The molecular formula is C17H21NO2S3. The second kappa shape index (κ2) is 8.33. The van der Waals surface area contributed by atoms with Crippen molar-refractivity contribution < 1.29 is 9.90 Å². The van der Waals surface area contributed by atoms with Crippen molar-refractivity contribution in [1.82, 2.24) is 5.32 Å². The molecule has 1 fully saturated rings. The summed E-state index contributed by atoms with van der Waals surface area (Å²) in [6.07, 6.45) is 4.43. The molecule has 0 spiro atoms. The molecule has 0 radical (unpaired) electrons.